The summed E-state index contributed by atoms with van der Waals surface area (Å²) in [6.45, 7) is 4.30. The van der Waals surface area contributed by atoms with E-state index in [1.807, 2.05) is 20.0 Å². The summed E-state index contributed by atoms with van der Waals surface area (Å²) in [7, 11) is 3.55. The Bertz CT molecular complexity index is 717. The van der Waals surface area contributed by atoms with Crippen molar-refractivity contribution < 1.29 is 9.53 Å². The third-order valence-corrected chi connectivity index (χ3v) is 4.57. The lowest BCUT2D eigenvalue weighted by Crippen LogP contribution is -2.36. The van der Waals surface area contributed by atoms with Gasteiger partial charge in [-0.05, 0) is 13.0 Å². The molecule has 25 heavy (non-hydrogen) atoms. The summed E-state index contributed by atoms with van der Waals surface area (Å²) in [4.78, 5) is 23.3. The quantitative estimate of drug-likeness (QED) is 0.823. The molecule has 1 fully saturated rings. The summed E-state index contributed by atoms with van der Waals surface area (Å²) in [5.74, 6) is 0.810. The van der Waals surface area contributed by atoms with Crippen molar-refractivity contribution in [3.8, 4) is 0 Å². The van der Waals surface area contributed by atoms with Crippen molar-refractivity contribution in [1.29, 1.82) is 0 Å². The first-order chi connectivity index (χ1) is 12.1. The van der Waals surface area contributed by atoms with Crippen LogP contribution in [0, 0.1) is 18.8 Å². The van der Waals surface area contributed by atoms with E-state index in [-0.39, 0.29) is 17.7 Å². The highest BCUT2D eigenvalue weighted by molar-refractivity contribution is 5.80. The SMILES string of the molecule is COC[C@@H]1CN(c2cnccn2)C[C@H]1C(=O)NCc1cc(C)nn1C. The molecule has 8 heteroatoms. The van der Waals surface area contributed by atoms with Crippen LogP contribution in [0.4, 0.5) is 5.82 Å². The molecule has 3 heterocycles. The van der Waals surface area contributed by atoms with Crippen molar-refractivity contribution in [2.24, 2.45) is 18.9 Å². The van der Waals surface area contributed by atoms with E-state index in [1.54, 1.807) is 30.4 Å². The number of aryl methyl sites for hydroxylation is 2. The largest absolute Gasteiger partial charge is 0.384 e. The van der Waals surface area contributed by atoms with Gasteiger partial charge in [0.1, 0.15) is 5.82 Å². The van der Waals surface area contributed by atoms with Crippen LogP contribution in [0.1, 0.15) is 11.4 Å². The minimum absolute atomic E-state index is 0.0345. The summed E-state index contributed by atoms with van der Waals surface area (Å²) in [6, 6.07) is 1.98. The van der Waals surface area contributed by atoms with Gasteiger partial charge >= 0.3 is 0 Å². The van der Waals surface area contributed by atoms with Crippen LogP contribution in [0.25, 0.3) is 0 Å². The first kappa shape index (κ1) is 17.3. The molecule has 2 aromatic heterocycles. The summed E-state index contributed by atoms with van der Waals surface area (Å²) >= 11 is 0. The highest BCUT2D eigenvalue weighted by atomic mass is 16.5. The predicted molar refractivity (Wildman–Crippen MR) is 92.9 cm³/mol. The molecule has 3 rings (SSSR count). The highest BCUT2D eigenvalue weighted by Gasteiger charge is 2.38. The number of carbonyl (C=O) groups excluding carboxylic acids is 1. The zero-order valence-electron chi connectivity index (χ0n) is 14.8. The normalized spacial score (nSPS) is 20.0. The smallest absolute Gasteiger partial charge is 0.225 e. The van der Waals surface area contributed by atoms with Crippen molar-refractivity contribution in [3.05, 3.63) is 36.0 Å². The molecule has 134 valence electrons. The number of ether oxygens (including phenoxy) is 1. The lowest BCUT2D eigenvalue weighted by molar-refractivity contribution is -0.126. The molecule has 1 saturated heterocycles. The van der Waals surface area contributed by atoms with Crippen LogP contribution in [0.3, 0.4) is 0 Å². The van der Waals surface area contributed by atoms with E-state index in [0.29, 0.717) is 19.7 Å². The number of amides is 1. The molecular formula is C17H24N6O2. The summed E-state index contributed by atoms with van der Waals surface area (Å²) in [5, 5.41) is 7.34. The Balaban J connectivity index is 1.66. The first-order valence-electron chi connectivity index (χ1n) is 8.35. The second-order valence-corrected chi connectivity index (χ2v) is 6.41. The average molecular weight is 344 g/mol. The molecule has 1 amide bonds. The highest BCUT2D eigenvalue weighted by Crippen LogP contribution is 2.27. The fourth-order valence-corrected chi connectivity index (χ4v) is 3.33. The van der Waals surface area contributed by atoms with Gasteiger partial charge in [-0.1, -0.05) is 0 Å². The predicted octanol–water partition coefficient (Wildman–Crippen LogP) is 0.534. The van der Waals surface area contributed by atoms with Crippen LogP contribution < -0.4 is 10.2 Å². The van der Waals surface area contributed by atoms with Gasteiger partial charge in [0.05, 0.1) is 36.7 Å². The molecule has 0 spiro atoms. The van der Waals surface area contributed by atoms with Crippen molar-refractivity contribution >= 4 is 11.7 Å². The summed E-state index contributed by atoms with van der Waals surface area (Å²) in [5.41, 5.74) is 1.93. The topological polar surface area (TPSA) is 85.2 Å². The van der Waals surface area contributed by atoms with Crippen LogP contribution >= 0.6 is 0 Å². The van der Waals surface area contributed by atoms with Crippen LogP contribution in [0.2, 0.25) is 0 Å². The van der Waals surface area contributed by atoms with Crippen LogP contribution in [-0.4, -0.2) is 52.5 Å². The van der Waals surface area contributed by atoms with E-state index in [1.165, 1.54) is 0 Å². The second kappa shape index (κ2) is 7.60. The number of anilines is 1. The lowest BCUT2D eigenvalue weighted by Gasteiger charge is -2.17. The number of aromatic nitrogens is 4. The Morgan fingerprint density at radius 2 is 2.24 bits per heavy atom. The molecule has 2 aromatic rings. The zero-order valence-corrected chi connectivity index (χ0v) is 14.8. The first-order valence-corrected chi connectivity index (χ1v) is 8.35. The van der Waals surface area contributed by atoms with Gasteiger partial charge in [0.2, 0.25) is 5.91 Å². The van der Waals surface area contributed by atoms with Crippen molar-refractivity contribution in [3.63, 3.8) is 0 Å². The summed E-state index contributed by atoms with van der Waals surface area (Å²) in [6.07, 6.45) is 5.04. The van der Waals surface area contributed by atoms with E-state index >= 15 is 0 Å². The lowest BCUT2D eigenvalue weighted by atomic mass is 9.96. The molecule has 0 radical (unpaired) electrons. The second-order valence-electron chi connectivity index (χ2n) is 6.41. The monoisotopic (exact) mass is 344 g/mol. The molecular weight excluding hydrogens is 320 g/mol. The molecule has 1 N–H and O–H groups in total. The maximum absolute atomic E-state index is 12.7. The van der Waals surface area contributed by atoms with E-state index in [2.05, 4.69) is 25.3 Å². The van der Waals surface area contributed by atoms with Gasteiger partial charge in [0.25, 0.3) is 0 Å². The van der Waals surface area contributed by atoms with Gasteiger partial charge in [-0.25, -0.2) is 4.98 Å². The number of nitrogens with zero attached hydrogens (tertiary/aromatic N) is 5. The Labute approximate surface area is 147 Å². The molecule has 0 bridgehead atoms. The molecule has 8 nitrogen and oxygen atoms in total. The van der Waals surface area contributed by atoms with Crippen molar-refractivity contribution in [2.45, 2.75) is 13.5 Å². The van der Waals surface area contributed by atoms with Gasteiger partial charge in [0, 0.05) is 45.6 Å². The fourth-order valence-electron chi connectivity index (χ4n) is 3.33. The van der Waals surface area contributed by atoms with Gasteiger partial charge in [-0.2, -0.15) is 5.10 Å². The number of rotatable bonds is 6. The van der Waals surface area contributed by atoms with Crippen molar-refractivity contribution in [2.75, 3.05) is 31.7 Å². The molecule has 0 saturated carbocycles. The van der Waals surface area contributed by atoms with E-state index in [9.17, 15) is 4.79 Å². The maximum atomic E-state index is 12.7. The third-order valence-electron chi connectivity index (χ3n) is 4.57. The molecule has 2 atom stereocenters. The fraction of sp³-hybridized carbons (Fsp3) is 0.529. The van der Waals surface area contributed by atoms with Crippen molar-refractivity contribution in [1.82, 2.24) is 25.1 Å². The van der Waals surface area contributed by atoms with E-state index in [0.717, 1.165) is 23.8 Å². The maximum Gasteiger partial charge on any atom is 0.225 e. The number of methoxy groups -OCH3 is 1. The Kier molecular flexibility index (Phi) is 5.28. The van der Waals surface area contributed by atoms with Crippen LogP contribution in [-0.2, 0) is 23.1 Å². The number of nitrogens with one attached hydrogen (secondary N) is 1. The molecule has 0 aromatic carbocycles. The Hall–Kier alpha value is -2.48. The van der Waals surface area contributed by atoms with Crippen LogP contribution in [0.5, 0.6) is 0 Å². The molecule has 1 aliphatic heterocycles. The van der Waals surface area contributed by atoms with Gasteiger partial charge < -0.3 is 15.0 Å². The summed E-state index contributed by atoms with van der Waals surface area (Å²) < 4.78 is 7.11. The molecule has 1 aliphatic rings. The number of hydrogen-bond donors (Lipinski definition) is 1. The average Bonchev–Trinajstić information content (AvgIpc) is 3.17. The third kappa shape index (κ3) is 3.96. The minimum atomic E-state index is -0.142. The van der Waals surface area contributed by atoms with Gasteiger partial charge in [0.15, 0.2) is 0 Å². The van der Waals surface area contributed by atoms with E-state index in [4.69, 9.17) is 4.74 Å². The Morgan fingerprint density at radius 3 is 2.88 bits per heavy atom. The van der Waals surface area contributed by atoms with Crippen LogP contribution in [0.15, 0.2) is 24.7 Å². The molecule has 0 unspecified atom stereocenters. The van der Waals surface area contributed by atoms with E-state index < -0.39 is 0 Å². The Morgan fingerprint density at radius 1 is 1.40 bits per heavy atom. The molecule has 0 aliphatic carbocycles. The van der Waals surface area contributed by atoms with Gasteiger partial charge in [-0.3, -0.25) is 14.5 Å². The van der Waals surface area contributed by atoms with Gasteiger partial charge in [-0.15, -0.1) is 0 Å². The number of hydrogen-bond acceptors (Lipinski definition) is 6. The number of carbonyl (C=O) groups is 1. The standard InChI is InChI=1S/C17H24N6O2/c1-12-6-14(22(2)21-12)7-20-17(24)15-10-23(9-13(15)11-25-3)16-8-18-4-5-19-16/h4-6,8,13,15H,7,9-11H2,1-3H3,(H,20,24)/t13-,15+/m0/s1. The minimum Gasteiger partial charge on any atom is -0.384 e. The zero-order chi connectivity index (χ0) is 17.8.